The van der Waals surface area contributed by atoms with Crippen LogP contribution in [0.5, 0.6) is 0 Å². The molecule has 0 aromatic rings. The van der Waals surface area contributed by atoms with Gasteiger partial charge in [-0.1, -0.05) is 6.92 Å². The first-order chi connectivity index (χ1) is 6.03. The van der Waals surface area contributed by atoms with Crippen molar-refractivity contribution in [1.82, 2.24) is 9.62 Å². The zero-order valence-corrected chi connectivity index (χ0v) is 8.55. The van der Waals surface area contributed by atoms with Crippen LogP contribution in [0.1, 0.15) is 19.8 Å². The van der Waals surface area contributed by atoms with Crippen molar-refractivity contribution in [2.75, 3.05) is 19.6 Å². The molecule has 1 fully saturated rings. The van der Waals surface area contributed by atoms with E-state index in [-0.39, 0.29) is 6.04 Å². The number of likely N-dealkylation sites (N-methyl/N-ethyl adjacent to an activating group) is 1. The molecule has 13 heavy (non-hydrogen) atoms. The Morgan fingerprint density at radius 1 is 1.62 bits per heavy atom. The van der Waals surface area contributed by atoms with Gasteiger partial charge in [-0.15, -0.1) is 0 Å². The zero-order valence-electron chi connectivity index (χ0n) is 7.73. The van der Waals surface area contributed by atoms with Crippen LogP contribution in [0.4, 0.5) is 0 Å². The normalized spacial score (nSPS) is 25.2. The molecule has 0 aromatic heterocycles. The predicted molar refractivity (Wildman–Crippen MR) is 49.8 cm³/mol. The van der Waals surface area contributed by atoms with Gasteiger partial charge >= 0.3 is 10.3 Å². The van der Waals surface area contributed by atoms with Crippen LogP contribution < -0.4 is 4.72 Å². The Morgan fingerprint density at radius 3 is 2.85 bits per heavy atom. The molecule has 6 heteroatoms. The second-order valence-corrected chi connectivity index (χ2v) is 4.49. The first kappa shape index (κ1) is 10.9. The minimum Gasteiger partial charge on any atom is -0.299 e. The Kier molecular flexibility index (Phi) is 3.66. The third kappa shape index (κ3) is 3.60. The maximum Gasteiger partial charge on any atom is 0.333 e. The molecule has 1 saturated heterocycles. The molecule has 0 spiro atoms. The van der Waals surface area contributed by atoms with Crippen molar-refractivity contribution in [3.63, 3.8) is 0 Å². The lowest BCUT2D eigenvalue weighted by atomic mass is 10.2. The van der Waals surface area contributed by atoms with Crippen molar-refractivity contribution in [2.24, 2.45) is 0 Å². The first-order valence-electron chi connectivity index (χ1n) is 4.49. The topological polar surface area (TPSA) is 69.6 Å². The van der Waals surface area contributed by atoms with Gasteiger partial charge < -0.3 is 0 Å². The van der Waals surface area contributed by atoms with Gasteiger partial charge in [0.15, 0.2) is 0 Å². The largest absolute Gasteiger partial charge is 0.333 e. The average Bonchev–Trinajstić information content (AvgIpc) is 2.46. The van der Waals surface area contributed by atoms with E-state index in [2.05, 4.69) is 9.62 Å². The van der Waals surface area contributed by atoms with Crippen LogP contribution in [0.2, 0.25) is 0 Å². The molecule has 0 amide bonds. The third-order valence-corrected chi connectivity index (χ3v) is 2.94. The summed E-state index contributed by atoms with van der Waals surface area (Å²) < 4.78 is 31.4. The van der Waals surface area contributed by atoms with Gasteiger partial charge in [-0.25, -0.2) is 0 Å². The molecule has 0 aromatic carbocycles. The first-order valence-corrected chi connectivity index (χ1v) is 5.93. The summed E-state index contributed by atoms with van der Waals surface area (Å²) in [5, 5.41) is 0. The highest BCUT2D eigenvalue weighted by molar-refractivity contribution is 7.83. The molecule has 1 aliphatic heterocycles. The second-order valence-electron chi connectivity index (χ2n) is 3.25. The Labute approximate surface area is 79.0 Å². The van der Waals surface area contributed by atoms with Crippen molar-refractivity contribution >= 4 is 10.3 Å². The zero-order chi connectivity index (χ0) is 9.90. The van der Waals surface area contributed by atoms with Crippen LogP contribution in [0.25, 0.3) is 0 Å². The van der Waals surface area contributed by atoms with Gasteiger partial charge in [-0.2, -0.15) is 13.1 Å². The molecule has 0 aliphatic carbocycles. The number of nitrogens with zero attached hydrogens (tertiary/aromatic N) is 1. The summed E-state index contributed by atoms with van der Waals surface area (Å²) in [5.74, 6) is 0. The predicted octanol–water partition coefficient (Wildman–Crippen LogP) is -0.137. The summed E-state index contributed by atoms with van der Waals surface area (Å²) in [6.45, 7) is 4.31. The average molecular weight is 208 g/mol. The van der Waals surface area contributed by atoms with Crippen molar-refractivity contribution in [1.29, 1.82) is 0 Å². The molecule has 0 saturated carbocycles. The van der Waals surface area contributed by atoms with Gasteiger partial charge in [0.25, 0.3) is 0 Å². The van der Waals surface area contributed by atoms with Crippen molar-refractivity contribution < 1.29 is 13.0 Å². The second kappa shape index (κ2) is 4.36. The van der Waals surface area contributed by atoms with E-state index in [1.807, 2.05) is 6.92 Å². The summed E-state index contributed by atoms with van der Waals surface area (Å²) in [6.07, 6.45) is 2.10. The van der Waals surface area contributed by atoms with E-state index in [1.54, 1.807) is 0 Å². The molecule has 1 heterocycles. The highest BCUT2D eigenvalue weighted by atomic mass is 32.2. The van der Waals surface area contributed by atoms with Gasteiger partial charge in [-0.3, -0.25) is 9.45 Å². The molecule has 1 atom stereocenters. The van der Waals surface area contributed by atoms with E-state index in [4.69, 9.17) is 4.55 Å². The molecule has 1 aliphatic rings. The van der Waals surface area contributed by atoms with Crippen LogP contribution in [-0.2, 0) is 10.3 Å². The summed E-state index contributed by atoms with van der Waals surface area (Å²) >= 11 is 0. The summed E-state index contributed by atoms with van der Waals surface area (Å²) in [7, 11) is -4.02. The van der Waals surface area contributed by atoms with Crippen LogP contribution >= 0.6 is 0 Å². The number of nitrogens with one attached hydrogen (secondary N) is 1. The Bertz CT molecular complexity index is 252. The highest BCUT2D eigenvalue weighted by Gasteiger charge is 2.23. The maximum absolute atomic E-state index is 10.4. The van der Waals surface area contributed by atoms with Gasteiger partial charge in [-0.05, 0) is 25.9 Å². The van der Waals surface area contributed by atoms with E-state index >= 15 is 0 Å². The quantitative estimate of drug-likeness (QED) is 0.631. The third-order valence-electron chi connectivity index (χ3n) is 2.41. The van der Waals surface area contributed by atoms with Gasteiger partial charge in [0.05, 0.1) is 0 Å². The Morgan fingerprint density at radius 2 is 2.31 bits per heavy atom. The van der Waals surface area contributed by atoms with Gasteiger partial charge in [0, 0.05) is 12.6 Å². The number of hydrogen-bond donors (Lipinski definition) is 2. The summed E-state index contributed by atoms with van der Waals surface area (Å²) in [4.78, 5) is 2.21. The van der Waals surface area contributed by atoms with E-state index < -0.39 is 10.3 Å². The van der Waals surface area contributed by atoms with Crippen LogP contribution in [0.3, 0.4) is 0 Å². The number of likely N-dealkylation sites (tertiary alicyclic amines) is 1. The molecule has 5 nitrogen and oxygen atoms in total. The van der Waals surface area contributed by atoms with E-state index in [0.717, 1.165) is 25.9 Å². The van der Waals surface area contributed by atoms with E-state index in [0.29, 0.717) is 6.54 Å². The summed E-state index contributed by atoms with van der Waals surface area (Å²) in [6, 6.07) is 0.243. The molecule has 1 rings (SSSR count). The van der Waals surface area contributed by atoms with Crippen molar-refractivity contribution in [2.45, 2.75) is 25.8 Å². The lowest BCUT2D eigenvalue weighted by Gasteiger charge is -2.21. The fourth-order valence-corrected chi connectivity index (χ4v) is 2.15. The Balaban J connectivity index is 2.36. The van der Waals surface area contributed by atoms with Crippen LogP contribution in [0.15, 0.2) is 0 Å². The lowest BCUT2D eigenvalue weighted by molar-refractivity contribution is 0.266. The minimum atomic E-state index is -4.02. The van der Waals surface area contributed by atoms with Crippen LogP contribution in [-0.4, -0.2) is 43.5 Å². The molecule has 2 N–H and O–H groups in total. The number of rotatable bonds is 4. The fraction of sp³-hybridized carbons (Fsp3) is 1.00. The maximum atomic E-state index is 10.4. The molecule has 78 valence electrons. The minimum absolute atomic E-state index is 0.243. The standard InChI is InChI=1S/C7H16N2O3S/c1-2-9-5-3-4-7(9)6-8-13(10,11)12/h7-8H,2-6H2,1H3,(H,10,11,12). The van der Waals surface area contributed by atoms with Gasteiger partial charge in [0.1, 0.15) is 0 Å². The molecule has 1 unspecified atom stereocenters. The Hall–Kier alpha value is -0.170. The number of hydrogen-bond acceptors (Lipinski definition) is 3. The van der Waals surface area contributed by atoms with Crippen molar-refractivity contribution in [3.05, 3.63) is 0 Å². The lowest BCUT2D eigenvalue weighted by Crippen LogP contribution is -2.39. The van der Waals surface area contributed by atoms with Crippen molar-refractivity contribution in [3.8, 4) is 0 Å². The van der Waals surface area contributed by atoms with E-state index in [9.17, 15) is 8.42 Å². The van der Waals surface area contributed by atoms with Gasteiger partial charge in [0.2, 0.25) is 0 Å². The summed E-state index contributed by atoms with van der Waals surface area (Å²) in [5.41, 5.74) is 0. The molecular formula is C7H16N2O3S. The monoisotopic (exact) mass is 208 g/mol. The molecule has 0 radical (unpaired) electrons. The van der Waals surface area contributed by atoms with Crippen LogP contribution in [0, 0.1) is 0 Å². The smallest absolute Gasteiger partial charge is 0.299 e. The highest BCUT2D eigenvalue weighted by Crippen LogP contribution is 2.15. The van der Waals surface area contributed by atoms with E-state index in [1.165, 1.54) is 0 Å². The SMILES string of the molecule is CCN1CCCC1CNS(=O)(=O)O. The fourth-order valence-electron chi connectivity index (χ4n) is 1.74. The molecule has 0 bridgehead atoms. The molecular weight excluding hydrogens is 192 g/mol.